The molecule has 0 aliphatic carbocycles. The SMILES string of the molecule is COC(=O)C1=C(C)Nc2nc(SC)[nH]c(=O)c2[C@@H]1c1cccc([N+](=O)[O-])c1. The van der Waals surface area contributed by atoms with Crippen molar-refractivity contribution in [3.8, 4) is 0 Å². The maximum absolute atomic E-state index is 12.8. The van der Waals surface area contributed by atoms with Crippen molar-refractivity contribution in [1.82, 2.24) is 9.97 Å². The number of ether oxygens (including phenoxy) is 1. The van der Waals surface area contributed by atoms with Gasteiger partial charge in [-0.2, -0.15) is 0 Å². The van der Waals surface area contributed by atoms with Crippen LogP contribution in [0.1, 0.15) is 24.0 Å². The van der Waals surface area contributed by atoms with Crippen molar-refractivity contribution in [2.45, 2.75) is 18.0 Å². The summed E-state index contributed by atoms with van der Waals surface area (Å²) in [7, 11) is 1.24. The van der Waals surface area contributed by atoms with Crippen LogP contribution in [0.4, 0.5) is 11.5 Å². The molecule has 1 aromatic carbocycles. The van der Waals surface area contributed by atoms with Gasteiger partial charge >= 0.3 is 5.97 Å². The monoisotopic (exact) mass is 388 g/mol. The van der Waals surface area contributed by atoms with Gasteiger partial charge in [-0.25, -0.2) is 9.78 Å². The summed E-state index contributed by atoms with van der Waals surface area (Å²) in [6, 6.07) is 5.83. The Kier molecular flexibility index (Phi) is 5.00. The Morgan fingerprint density at radius 1 is 1.41 bits per heavy atom. The van der Waals surface area contributed by atoms with E-state index in [1.54, 1.807) is 19.2 Å². The highest BCUT2D eigenvalue weighted by atomic mass is 32.2. The van der Waals surface area contributed by atoms with Gasteiger partial charge in [0.1, 0.15) is 5.82 Å². The lowest BCUT2D eigenvalue weighted by atomic mass is 9.82. The Balaban J connectivity index is 2.31. The fourth-order valence-corrected chi connectivity index (χ4v) is 3.44. The van der Waals surface area contributed by atoms with Gasteiger partial charge in [0.25, 0.3) is 11.2 Å². The van der Waals surface area contributed by atoms with Crippen molar-refractivity contribution >= 4 is 29.2 Å². The molecule has 1 aliphatic heterocycles. The van der Waals surface area contributed by atoms with Crippen molar-refractivity contribution in [3.05, 3.63) is 67.1 Å². The maximum Gasteiger partial charge on any atom is 0.336 e. The third-order valence-corrected chi connectivity index (χ3v) is 4.81. The number of carbonyl (C=O) groups excluding carboxylic acids is 1. The summed E-state index contributed by atoms with van der Waals surface area (Å²) in [6.07, 6.45) is 1.77. The van der Waals surface area contributed by atoms with E-state index < -0.39 is 22.4 Å². The van der Waals surface area contributed by atoms with Crippen molar-refractivity contribution in [2.24, 2.45) is 0 Å². The molecule has 3 rings (SSSR count). The van der Waals surface area contributed by atoms with Crippen LogP contribution in [0, 0.1) is 10.1 Å². The predicted molar refractivity (Wildman–Crippen MR) is 99.9 cm³/mol. The van der Waals surface area contributed by atoms with Crippen LogP contribution in [0.5, 0.6) is 0 Å². The first-order valence-corrected chi connectivity index (χ1v) is 9.08. The Bertz CT molecular complexity index is 1030. The minimum atomic E-state index is -0.847. The molecule has 27 heavy (non-hydrogen) atoms. The average molecular weight is 388 g/mol. The zero-order chi connectivity index (χ0) is 19.7. The number of aromatic amines is 1. The number of H-pyrrole nitrogens is 1. The number of nitro benzene ring substituents is 1. The van der Waals surface area contributed by atoms with Gasteiger partial charge in [0, 0.05) is 17.8 Å². The number of anilines is 1. The van der Waals surface area contributed by atoms with Gasteiger partial charge in [-0.05, 0) is 18.7 Å². The summed E-state index contributed by atoms with van der Waals surface area (Å²) in [5.74, 6) is -1.17. The minimum absolute atomic E-state index is 0.139. The molecule has 10 heteroatoms. The number of esters is 1. The van der Waals surface area contributed by atoms with Crippen molar-refractivity contribution in [3.63, 3.8) is 0 Å². The number of nitro groups is 1. The molecule has 1 aliphatic rings. The Labute approximate surface area is 158 Å². The van der Waals surface area contributed by atoms with E-state index in [-0.39, 0.29) is 16.8 Å². The van der Waals surface area contributed by atoms with Crippen LogP contribution in [-0.2, 0) is 9.53 Å². The molecular formula is C17H16N4O5S. The molecule has 9 nitrogen and oxygen atoms in total. The summed E-state index contributed by atoms with van der Waals surface area (Å²) < 4.78 is 4.88. The van der Waals surface area contributed by atoms with Crippen LogP contribution in [0.25, 0.3) is 0 Å². The van der Waals surface area contributed by atoms with E-state index in [0.29, 0.717) is 22.2 Å². The standard InChI is InChI=1S/C17H16N4O5S/c1-8-11(16(23)26-2)12(9-5-4-6-10(7-9)21(24)25)13-14(18-8)19-17(27-3)20-15(13)22/h4-7,12H,1-3H3,(H2,18,19,20,22)/t12-/m1/s1. The van der Waals surface area contributed by atoms with Crippen LogP contribution in [0.2, 0.25) is 0 Å². The first-order chi connectivity index (χ1) is 12.9. The highest BCUT2D eigenvalue weighted by Gasteiger charge is 2.36. The summed E-state index contributed by atoms with van der Waals surface area (Å²) in [4.78, 5) is 42.9. The third-order valence-electron chi connectivity index (χ3n) is 4.23. The smallest absolute Gasteiger partial charge is 0.336 e. The van der Waals surface area contributed by atoms with Gasteiger partial charge in [0.05, 0.1) is 29.1 Å². The topological polar surface area (TPSA) is 127 Å². The second-order valence-electron chi connectivity index (χ2n) is 5.78. The second kappa shape index (κ2) is 7.23. The molecular weight excluding hydrogens is 372 g/mol. The Morgan fingerprint density at radius 2 is 2.15 bits per heavy atom. The van der Waals surface area contributed by atoms with Crippen molar-refractivity contribution < 1.29 is 14.5 Å². The molecule has 0 radical (unpaired) electrons. The Hall–Kier alpha value is -3.14. The molecule has 0 amide bonds. The van der Waals surface area contributed by atoms with Gasteiger partial charge < -0.3 is 15.0 Å². The number of fused-ring (bicyclic) bond motifs is 1. The largest absolute Gasteiger partial charge is 0.466 e. The van der Waals surface area contributed by atoms with E-state index in [1.165, 1.54) is 37.1 Å². The van der Waals surface area contributed by atoms with Gasteiger partial charge in [0.2, 0.25) is 0 Å². The molecule has 0 saturated heterocycles. The third kappa shape index (κ3) is 3.31. The number of nitrogens with one attached hydrogen (secondary N) is 2. The molecule has 1 aromatic heterocycles. The molecule has 0 fully saturated rings. The molecule has 0 unspecified atom stereocenters. The molecule has 2 aromatic rings. The lowest BCUT2D eigenvalue weighted by Gasteiger charge is -2.28. The molecule has 140 valence electrons. The highest BCUT2D eigenvalue weighted by Crippen LogP contribution is 2.40. The number of benzene rings is 1. The lowest BCUT2D eigenvalue weighted by molar-refractivity contribution is -0.384. The number of hydrogen-bond donors (Lipinski definition) is 2. The zero-order valence-corrected chi connectivity index (χ0v) is 15.5. The van der Waals surface area contributed by atoms with Crippen molar-refractivity contribution in [1.29, 1.82) is 0 Å². The van der Waals surface area contributed by atoms with Gasteiger partial charge in [-0.1, -0.05) is 23.9 Å². The number of thioether (sulfide) groups is 1. The number of non-ortho nitro benzene ring substituents is 1. The van der Waals surface area contributed by atoms with Crippen LogP contribution >= 0.6 is 11.8 Å². The highest BCUT2D eigenvalue weighted by molar-refractivity contribution is 7.98. The Morgan fingerprint density at radius 3 is 2.78 bits per heavy atom. The number of carbonyl (C=O) groups is 1. The molecule has 0 bridgehead atoms. The number of aromatic nitrogens is 2. The van der Waals surface area contributed by atoms with Crippen molar-refractivity contribution in [2.75, 3.05) is 18.7 Å². The van der Waals surface area contributed by atoms with E-state index in [2.05, 4.69) is 15.3 Å². The second-order valence-corrected chi connectivity index (χ2v) is 6.57. The van der Waals surface area contributed by atoms with Crippen LogP contribution in [0.15, 0.2) is 45.5 Å². The number of allylic oxidation sites excluding steroid dienone is 1. The fourth-order valence-electron chi connectivity index (χ4n) is 3.06. The van der Waals surface area contributed by atoms with E-state index >= 15 is 0 Å². The number of rotatable bonds is 4. The summed E-state index contributed by atoms with van der Waals surface area (Å²) in [5.41, 5.74) is 0.739. The van der Waals surface area contributed by atoms with Crippen LogP contribution in [0.3, 0.4) is 0 Å². The van der Waals surface area contributed by atoms with E-state index in [4.69, 9.17) is 4.74 Å². The van der Waals surface area contributed by atoms with E-state index in [1.807, 2.05) is 0 Å². The normalized spacial score (nSPS) is 15.7. The van der Waals surface area contributed by atoms with Gasteiger partial charge in [-0.3, -0.25) is 14.9 Å². The average Bonchev–Trinajstić information content (AvgIpc) is 2.66. The quantitative estimate of drug-likeness (QED) is 0.269. The molecule has 2 N–H and O–H groups in total. The van der Waals surface area contributed by atoms with E-state index in [9.17, 15) is 19.7 Å². The minimum Gasteiger partial charge on any atom is -0.466 e. The van der Waals surface area contributed by atoms with Crippen LogP contribution < -0.4 is 10.9 Å². The van der Waals surface area contributed by atoms with Gasteiger partial charge in [0.15, 0.2) is 5.16 Å². The molecule has 1 atom stereocenters. The van der Waals surface area contributed by atoms with Gasteiger partial charge in [-0.15, -0.1) is 0 Å². The summed E-state index contributed by atoms with van der Waals surface area (Å²) in [6.45, 7) is 1.67. The fraction of sp³-hybridized carbons (Fsp3) is 0.235. The number of methoxy groups -OCH3 is 1. The summed E-state index contributed by atoms with van der Waals surface area (Å²) >= 11 is 1.27. The predicted octanol–water partition coefficient (Wildman–Crippen LogP) is 2.40. The number of hydrogen-bond acceptors (Lipinski definition) is 8. The molecule has 0 spiro atoms. The maximum atomic E-state index is 12.8. The molecule has 2 heterocycles. The summed E-state index contributed by atoms with van der Waals surface area (Å²) in [5, 5.41) is 14.6. The zero-order valence-electron chi connectivity index (χ0n) is 14.7. The number of nitrogens with zero attached hydrogens (tertiary/aromatic N) is 2. The molecule has 0 saturated carbocycles. The lowest BCUT2D eigenvalue weighted by Crippen LogP contribution is -2.31. The van der Waals surface area contributed by atoms with E-state index in [0.717, 1.165) is 0 Å². The first kappa shape index (κ1) is 18.6. The van der Waals surface area contributed by atoms with Crippen LogP contribution in [-0.4, -0.2) is 34.2 Å². The first-order valence-electron chi connectivity index (χ1n) is 7.86.